The van der Waals surface area contributed by atoms with Crippen LogP contribution in [0.2, 0.25) is 0 Å². The van der Waals surface area contributed by atoms with Crippen molar-refractivity contribution in [1.82, 2.24) is 0 Å². The molecule has 0 heterocycles. The molecule has 0 aromatic heterocycles. The van der Waals surface area contributed by atoms with E-state index in [0.29, 0.717) is 25.7 Å². The number of rotatable bonds is 78. The number of unbranched alkanes of at least 4 members (excludes halogenated alkanes) is 50. The third-order valence-corrected chi connectivity index (χ3v) is 20.2. The molecule has 0 radical (unpaired) electrons. The Morgan fingerprint density at radius 3 is 0.701 bits per heavy atom. The Morgan fingerprint density at radius 1 is 0.278 bits per heavy atom. The highest BCUT2D eigenvalue weighted by Crippen LogP contribution is 2.45. The predicted molar refractivity (Wildman–Crippen MR) is 395 cm³/mol. The van der Waals surface area contributed by atoms with Crippen LogP contribution in [0.5, 0.6) is 0 Å². The van der Waals surface area contributed by atoms with Gasteiger partial charge in [0.25, 0.3) is 0 Å². The second-order valence-electron chi connectivity index (χ2n) is 28.6. The Balaban J connectivity index is 5.18. The summed E-state index contributed by atoms with van der Waals surface area (Å²) in [4.78, 5) is 72.8. The van der Waals surface area contributed by atoms with Gasteiger partial charge in [0.15, 0.2) is 12.2 Å². The number of ether oxygens (including phenoxy) is 4. The Kier molecular flexibility index (Phi) is 69.6. The molecule has 5 atom stereocenters. The molecule has 0 bridgehead atoms. The van der Waals surface area contributed by atoms with Gasteiger partial charge in [0.2, 0.25) is 0 Å². The monoisotopic (exact) mass is 1420 g/mol. The van der Waals surface area contributed by atoms with Crippen LogP contribution in [-0.2, 0) is 65.4 Å². The van der Waals surface area contributed by atoms with Crippen LogP contribution in [-0.4, -0.2) is 96.7 Å². The molecule has 576 valence electrons. The third-order valence-electron chi connectivity index (χ3n) is 18.3. The average molecular weight is 1420 g/mol. The number of aliphatic hydroxyl groups is 1. The molecule has 0 aliphatic carbocycles. The van der Waals surface area contributed by atoms with Crippen LogP contribution in [0.25, 0.3) is 0 Å². The summed E-state index contributed by atoms with van der Waals surface area (Å²) in [6.07, 6.45) is 61.1. The highest BCUT2D eigenvalue weighted by molar-refractivity contribution is 7.47. The summed E-state index contributed by atoms with van der Waals surface area (Å²) in [5, 5.41) is 10.6. The maximum atomic E-state index is 13.1. The molecule has 0 aliphatic heterocycles. The first-order chi connectivity index (χ1) is 47.0. The lowest BCUT2D eigenvalue weighted by atomic mass is 10.0. The minimum atomic E-state index is -4.96. The number of carbonyl (C=O) groups excluding carboxylic acids is 4. The van der Waals surface area contributed by atoms with Gasteiger partial charge in [0, 0.05) is 25.7 Å². The molecule has 2 unspecified atom stereocenters. The predicted octanol–water partition coefficient (Wildman–Crippen LogP) is 23.3. The fourth-order valence-corrected chi connectivity index (χ4v) is 13.6. The Bertz CT molecular complexity index is 1860. The third kappa shape index (κ3) is 72.2. The first-order valence-corrected chi connectivity index (χ1v) is 43.6. The molecule has 0 aromatic carbocycles. The molecule has 0 fully saturated rings. The van der Waals surface area contributed by atoms with Crippen molar-refractivity contribution in [3.63, 3.8) is 0 Å². The average Bonchev–Trinajstić information content (AvgIpc) is 1.35. The lowest BCUT2D eigenvalue weighted by molar-refractivity contribution is -0.161. The number of carbonyl (C=O) groups is 4. The number of aliphatic hydroxyl groups excluding tert-OH is 1. The number of esters is 4. The van der Waals surface area contributed by atoms with E-state index in [1.807, 2.05) is 0 Å². The Labute approximate surface area is 594 Å². The van der Waals surface area contributed by atoms with E-state index in [2.05, 4.69) is 34.6 Å². The first-order valence-electron chi connectivity index (χ1n) is 40.6. The van der Waals surface area contributed by atoms with Crippen molar-refractivity contribution >= 4 is 39.5 Å². The van der Waals surface area contributed by atoms with Crippen LogP contribution in [0.15, 0.2) is 0 Å². The number of hydrogen-bond donors (Lipinski definition) is 3. The van der Waals surface area contributed by atoms with Gasteiger partial charge < -0.3 is 33.8 Å². The van der Waals surface area contributed by atoms with Gasteiger partial charge >= 0.3 is 39.5 Å². The van der Waals surface area contributed by atoms with Crippen molar-refractivity contribution in [2.45, 2.75) is 432 Å². The topological polar surface area (TPSA) is 237 Å². The lowest BCUT2D eigenvalue weighted by Crippen LogP contribution is -2.30. The van der Waals surface area contributed by atoms with Gasteiger partial charge in [-0.2, -0.15) is 0 Å². The van der Waals surface area contributed by atoms with E-state index in [4.69, 9.17) is 37.0 Å². The van der Waals surface area contributed by atoms with Crippen molar-refractivity contribution in [3.05, 3.63) is 0 Å². The van der Waals surface area contributed by atoms with Gasteiger partial charge in [0.1, 0.15) is 19.3 Å². The minimum Gasteiger partial charge on any atom is -0.462 e. The molecular weight excluding hydrogens is 1270 g/mol. The zero-order valence-electron chi connectivity index (χ0n) is 63.2. The van der Waals surface area contributed by atoms with Crippen molar-refractivity contribution in [1.29, 1.82) is 0 Å². The summed E-state index contributed by atoms with van der Waals surface area (Å²) in [5.41, 5.74) is 0. The maximum Gasteiger partial charge on any atom is 0.472 e. The van der Waals surface area contributed by atoms with E-state index in [1.165, 1.54) is 225 Å². The van der Waals surface area contributed by atoms with Gasteiger partial charge in [0.05, 0.1) is 26.4 Å². The van der Waals surface area contributed by atoms with Crippen LogP contribution in [0.1, 0.15) is 413 Å². The minimum absolute atomic E-state index is 0.108. The van der Waals surface area contributed by atoms with E-state index in [1.54, 1.807) is 0 Å². The van der Waals surface area contributed by atoms with E-state index >= 15 is 0 Å². The second kappa shape index (κ2) is 71.1. The summed E-state index contributed by atoms with van der Waals surface area (Å²) in [6, 6.07) is 0. The summed E-state index contributed by atoms with van der Waals surface area (Å²) < 4.78 is 68.5. The second-order valence-corrected chi connectivity index (χ2v) is 31.5. The zero-order valence-corrected chi connectivity index (χ0v) is 65.0. The molecule has 0 saturated heterocycles. The Morgan fingerprint density at radius 2 is 0.474 bits per heavy atom. The molecule has 17 nitrogen and oxygen atoms in total. The van der Waals surface area contributed by atoms with Crippen molar-refractivity contribution < 1.29 is 80.2 Å². The SMILES string of the molecule is CCCCCCCCCCCCCCCCCCC(=O)OC[C@H](COP(=O)(O)OC[C@@H](O)COP(=O)(O)OC[C@@H](COC(=O)CCCCCCCCC)OC(=O)CCCCCCCCCCCCCCCCC)OC(=O)CCCCCCCCCCCCCCCCCCC(C)C. The lowest BCUT2D eigenvalue weighted by Gasteiger charge is -2.21. The standard InChI is InChI=1S/C78H152O17P2/c1-6-9-12-15-18-20-22-24-26-31-34-38-42-47-52-57-62-76(81)89-68-74(95-78(83)64-59-54-49-44-40-36-32-28-27-30-33-37-41-46-50-55-60-71(4)5)70-93-97(86,87)91-66-72(79)65-90-96(84,85)92-69-73(67-88-75(80)61-56-51-45-17-14-11-8-3)94-77(82)63-58-53-48-43-39-35-29-25-23-21-19-16-13-10-7-2/h71-74,79H,6-70H2,1-5H3,(H,84,85)(H,86,87)/t72-,73+,74+/m0/s1. The first kappa shape index (κ1) is 95.1. The summed E-state index contributed by atoms with van der Waals surface area (Å²) in [7, 11) is -9.91. The van der Waals surface area contributed by atoms with Gasteiger partial charge in [-0.05, 0) is 31.6 Å². The molecule has 19 heteroatoms. The highest BCUT2D eigenvalue weighted by Gasteiger charge is 2.30. The molecule has 0 amide bonds. The number of phosphoric ester groups is 2. The van der Waals surface area contributed by atoms with Crippen molar-refractivity contribution in [2.75, 3.05) is 39.6 Å². The van der Waals surface area contributed by atoms with Crippen molar-refractivity contribution in [2.24, 2.45) is 5.92 Å². The van der Waals surface area contributed by atoms with Gasteiger partial charge in [-0.3, -0.25) is 37.3 Å². The van der Waals surface area contributed by atoms with Gasteiger partial charge in [-0.25, -0.2) is 9.13 Å². The summed E-state index contributed by atoms with van der Waals surface area (Å²) in [6.45, 7) is 7.31. The van der Waals surface area contributed by atoms with E-state index in [0.717, 1.165) is 109 Å². The fourth-order valence-electron chi connectivity index (χ4n) is 12.1. The van der Waals surface area contributed by atoms with Crippen LogP contribution >= 0.6 is 15.6 Å². The van der Waals surface area contributed by atoms with Crippen LogP contribution < -0.4 is 0 Å². The quantitative estimate of drug-likeness (QED) is 0.0222. The fraction of sp³-hybridized carbons (Fsp3) is 0.949. The molecule has 0 spiro atoms. The van der Waals surface area contributed by atoms with E-state index in [-0.39, 0.29) is 25.7 Å². The number of hydrogen-bond acceptors (Lipinski definition) is 15. The molecule has 3 N–H and O–H groups in total. The van der Waals surface area contributed by atoms with E-state index in [9.17, 15) is 43.2 Å². The molecule has 0 saturated carbocycles. The normalized spacial score (nSPS) is 13.9. The molecule has 97 heavy (non-hydrogen) atoms. The molecule has 0 rings (SSSR count). The van der Waals surface area contributed by atoms with Crippen LogP contribution in [0.3, 0.4) is 0 Å². The Hall–Kier alpha value is -1.94. The van der Waals surface area contributed by atoms with Gasteiger partial charge in [-0.15, -0.1) is 0 Å². The van der Waals surface area contributed by atoms with Crippen LogP contribution in [0, 0.1) is 5.92 Å². The highest BCUT2D eigenvalue weighted by atomic mass is 31.2. The zero-order chi connectivity index (χ0) is 71.2. The summed E-state index contributed by atoms with van der Waals surface area (Å²) >= 11 is 0. The smallest absolute Gasteiger partial charge is 0.462 e. The van der Waals surface area contributed by atoms with Crippen molar-refractivity contribution in [3.8, 4) is 0 Å². The largest absolute Gasteiger partial charge is 0.472 e. The van der Waals surface area contributed by atoms with E-state index < -0.39 is 97.5 Å². The maximum absolute atomic E-state index is 13.1. The summed E-state index contributed by atoms with van der Waals surface area (Å²) in [5.74, 6) is -1.30. The van der Waals surface area contributed by atoms with Gasteiger partial charge in [-0.1, -0.05) is 362 Å². The number of phosphoric acid groups is 2. The molecule has 0 aliphatic rings. The van der Waals surface area contributed by atoms with Crippen LogP contribution in [0.4, 0.5) is 0 Å². The molecule has 0 aromatic rings. The molecular formula is C78H152O17P2.